The summed E-state index contributed by atoms with van der Waals surface area (Å²) in [5, 5.41) is 0. The fourth-order valence-electron chi connectivity index (χ4n) is 0. The van der Waals surface area contributed by atoms with Gasteiger partial charge in [-0.3, -0.25) is 0 Å². The third kappa shape index (κ3) is 0. The zero-order valence-corrected chi connectivity index (χ0v) is 146. The minimum atomic E-state index is 2.00. The molecule has 0 aliphatic carbocycles. The molecule has 0 bridgehead atoms. The van der Waals surface area contributed by atoms with Crippen LogP contribution in [-0.2, 0) is 0 Å². The average Bonchev–Trinajstić information content (AvgIpc) is 4.14. The van der Waals surface area contributed by atoms with E-state index in [-0.39, 0.29) is 0 Å². The van der Waals surface area contributed by atoms with E-state index in [0.29, 0.717) is 0 Å². The largest absolute Gasteiger partial charge is 0.0683 e. The molecule has 0 aliphatic rings. The quantitative estimate of drug-likeness (QED) is 0.227. The maximum atomic E-state index is 2.00. The molecule has 0 nitrogen and oxygen atoms in total. The molecule has 0 atom stereocenters. The molecule has 1022 valence electrons. The fourth-order valence-corrected chi connectivity index (χ4v) is 0. The monoisotopic (exact) mass is 2190 g/mol. The van der Waals surface area contributed by atoms with Crippen molar-refractivity contribution < 1.29 is 0 Å². The molecule has 0 fully saturated rings. The molecule has 0 amide bonds. The molecule has 0 aromatic heterocycles. The van der Waals surface area contributed by atoms with Crippen molar-refractivity contribution in [3.8, 4) is 0 Å². The predicted octanol–water partition coefficient (Wildman–Crippen LogP) is 74.9. The van der Waals surface area contributed by atoms with Gasteiger partial charge in [0.15, 0.2) is 0 Å². The van der Waals surface area contributed by atoms with Crippen molar-refractivity contribution in [2.75, 3.05) is 0 Å². The highest BCUT2D eigenvalue weighted by Gasteiger charge is 1.08. The first-order valence-electron chi connectivity index (χ1n) is 73.0. The van der Waals surface area contributed by atoms with Crippen LogP contribution in [0.2, 0.25) is 0 Å². The summed E-state index contributed by atoms with van der Waals surface area (Å²) in [6.07, 6.45) is 0. The van der Waals surface area contributed by atoms with Crippen LogP contribution >= 0.6 is 0 Å². The first kappa shape index (κ1) is 576. The summed E-state index contributed by atoms with van der Waals surface area (Å²) in [6, 6.07) is 0. The van der Waals surface area contributed by atoms with Gasteiger partial charge in [0.05, 0.1) is 0 Å². The van der Waals surface area contributed by atoms with E-state index >= 15 is 0 Å². The van der Waals surface area contributed by atoms with Gasteiger partial charge in [0.25, 0.3) is 0 Å². The van der Waals surface area contributed by atoms with Crippen molar-refractivity contribution in [1.29, 1.82) is 0 Å². The number of rotatable bonds is 0. The topological polar surface area (TPSA) is 0 Å². The summed E-state index contributed by atoms with van der Waals surface area (Å²) >= 11 is 0. The van der Waals surface area contributed by atoms with Crippen LogP contribution < -0.4 is 0 Å². The maximum absolute atomic E-state index is 2.00. The minimum absolute atomic E-state index is 2.00. The van der Waals surface area contributed by atoms with Crippen LogP contribution in [0.3, 0.4) is 0 Å². The second-order valence-electron chi connectivity index (χ2n) is 0. The van der Waals surface area contributed by atoms with Crippen LogP contribution in [-0.4, -0.2) is 0 Å². The van der Waals surface area contributed by atoms with Gasteiger partial charge in [-0.2, -0.15) is 0 Å². The van der Waals surface area contributed by atoms with Crippen LogP contribution in [0.15, 0.2) is 0 Å². The van der Waals surface area contributed by atoms with Gasteiger partial charge in [-0.15, -0.1) is 0 Å². The van der Waals surface area contributed by atoms with E-state index in [2.05, 4.69) is 0 Å². The van der Waals surface area contributed by atoms with E-state index in [4.69, 9.17) is 0 Å². The summed E-state index contributed by atoms with van der Waals surface area (Å²) in [5.74, 6) is 0. The number of hydrogen-bond acceptors (Lipinski definition) is 0. The van der Waals surface area contributed by atoms with Gasteiger partial charge in [-0.05, 0) is 0 Å². The molecule has 0 saturated heterocycles. The lowest BCUT2D eigenvalue weighted by atomic mass is 11.0. The Balaban J connectivity index is -0.00000000521. The van der Waals surface area contributed by atoms with Gasteiger partial charge < -0.3 is 0 Å². The van der Waals surface area contributed by atoms with E-state index in [9.17, 15) is 0 Å². The Labute approximate surface area is 1000 Å². The summed E-state index contributed by atoms with van der Waals surface area (Å²) in [5.41, 5.74) is 0. The molecule has 0 spiro atoms. The molecule has 0 radical (unpaired) electrons. The maximum Gasteiger partial charge on any atom is -0.0683 e. The van der Waals surface area contributed by atoms with Gasteiger partial charge in [0.2, 0.25) is 0 Å². The van der Waals surface area contributed by atoms with Crippen molar-refractivity contribution in [3.05, 3.63) is 0 Å². The molecule has 0 aliphatic heterocycles. The van der Waals surface area contributed by atoms with E-state index < -0.39 is 0 Å². The SMILES string of the molecule is CC.CC.CC.CC.CC.CC.CC.CC.CC.CC.CC.CC.CC.CC.CC.CC.CC.CC.CC.CC.CC.CC.CC.CC.CC.CC.CC.CC.CC.CC.CC.CC.CC.CC.CC.CC.CC.CC.CC.CC.CC.CC.CC.CC.CC.CC.CC.CC.CC.CC.CC.CC.CC.CC.CC.CC.CC.CC.CC.CC.CC.CC.CC.CC.CC.CC.CC.CC.CC.CC.CC.CC.CC. The zero-order chi connectivity index (χ0) is 146. The second kappa shape index (κ2) is 0. The second-order valence-corrected chi connectivity index (χ2v) is 0. The summed E-state index contributed by atoms with van der Waals surface area (Å²) in [4.78, 5) is 0. The molecule has 0 saturated carbocycles. The predicted molar refractivity (Wildman–Crippen MR) is 828 cm³/mol. The minimum Gasteiger partial charge on any atom is -0.0683 e. The van der Waals surface area contributed by atoms with Crippen LogP contribution in [0.4, 0.5) is 0 Å². The molecule has 146 heavy (non-hydrogen) atoms. The van der Waals surface area contributed by atoms with Crippen LogP contribution in [0.25, 0.3) is 0 Å². The highest BCUT2D eigenvalue weighted by atomic mass is 13.2. The summed E-state index contributed by atoms with van der Waals surface area (Å²) in [6.45, 7) is 292. The van der Waals surface area contributed by atoms with E-state index in [0.717, 1.165) is 0 Å². The highest BCUT2D eigenvalue weighted by Crippen LogP contribution is 1.29. The zero-order valence-electron chi connectivity index (χ0n) is 146. The summed E-state index contributed by atoms with van der Waals surface area (Å²) in [7, 11) is 0. The van der Waals surface area contributed by atoms with Crippen molar-refractivity contribution in [2.24, 2.45) is 0 Å². The average molecular weight is 2200 g/mol. The van der Waals surface area contributed by atoms with Crippen molar-refractivity contribution in [3.63, 3.8) is 0 Å². The van der Waals surface area contributed by atoms with Crippen molar-refractivity contribution in [2.45, 2.75) is 1010 Å². The smallest absolute Gasteiger partial charge is 0.0683 e. The lowest BCUT2D eigenvalue weighted by molar-refractivity contribution is 1.50. The molecular formula is C146H438. The van der Waals surface area contributed by atoms with Gasteiger partial charge in [0.1, 0.15) is 0 Å². The van der Waals surface area contributed by atoms with Crippen LogP contribution in [0.1, 0.15) is 1010 Å². The van der Waals surface area contributed by atoms with Gasteiger partial charge in [0, 0.05) is 0 Å². The Morgan fingerprint density at radius 2 is 0.0137 bits per heavy atom. The lowest BCUT2D eigenvalue weighted by Crippen LogP contribution is -0.856. The Hall–Kier alpha value is 0. The van der Waals surface area contributed by atoms with E-state index in [1.807, 2.05) is 1010 Å². The van der Waals surface area contributed by atoms with Gasteiger partial charge in [-0.25, -0.2) is 0 Å². The normalized spacial score (nSPS) is 3.00. The third-order valence-corrected chi connectivity index (χ3v) is 0. The first-order valence-corrected chi connectivity index (χ1v) is 73.0. The third-order valence-electron chi connectivity index (χ3n) is 0. The molecule has 0 N–H and O–H groups in total. The summed E-state index contributed by atoms with van der Waals surface area (Å²) < 4.78 is 0. The fraction of sp³-hybridized carbons (Fsp3) is 1.00. The molecule has 0 aromatic rings. The molecule has 0 rings (SSSR count). The van der Waals surface area contributed by atoms with Gasteiger partial charge in [-0.1, -0.05) is 1010 Å². The molecular weight excluding hydrogens is 1750 g/mol. The van der Waals surface area contributed by atoms with Crippen LogP contribution in [0.5, 0.6) is 0 Å². The Morgan fingerprint density at radius 3 is 0.0137 bits per heavy atom. The van der Waals surface area contributed by atoms with Gasteiger partial charge >= 0.3 is 0 Å². The Morgan fingerprint density at radius 1 is 0.0137 bits per heavy atom. The standard InChI is InChI=1S/73C2H6/c73*1-2/h73*1-2H3. The Kier molecular flexibility index (Phi) is 0. The molecule has 0 aromatic carbocycles. The van der Waals surface area contributed by atoms with E-state index in [1.54, 1.807) is 0 Å². The van der Waals surface area contributed by atoms with Crippen LogP contribution in [0, 0.1) is 0 Å². The first-order chi connectivity index (χ1) is 73.0. The van der Waals surface area contributed by atoms with E-state index in [1.165, 1.54) is 0 Å². The number of hydrogen-bond donors (Lipinski definition) is 0. The highest BCUT2D eigenvalue weighted by molar-refractivity contribution is 3.65. The Bertz CT molecular complexity index is 0. The molecule has 0 unspecified atom stereocenters. The molecule has 0 heteroatoms. The molecule has 0 heterocycles. The lowest BCUT2D eigenvalue weighted by Gasteiger charge is -1.07. The van der Waals surface area contributed by atoms with Crippen molar-refractivity contribution in [1.82, 2.24) is 0 Å². The van der Waals surface area contributed by atoms with Crippen molar-refractivity contribution >= 4 is 0 Å².